The Labute approximate surface area is 384 Å². The number of ether oxygens (including phenoxy) is 4. The maximum Gasteiger partial charge on any atom is 0.326 e. The first-order chi connectivity index (χ1) is 30.9. The molecule has 0 aliphatic heterocycles. The Morgan fingerprint density at radius 3 is 1.62 bits per heavy atom. The third-order valence-corrected chi connectivity index (χ3v) is 10.5. The molecule has 0 aliphatic carbocycles. The van der Waals surface area contributed by atoms with Crippen LogP contribution in [0, 0.1) is 5.92 Å². The van der Waals surface area contributed by atoms with Gasteiger partial charge in [-0.05, 0) is 44.9 Å². The van der Waals surface area contributed by atoms with Crippen molar-refractivity contribution < 1.29 is 62.7 Å². The summed E-state index contributed by atoms with van der Waals surface area (Å²) in [7, 11) is 1.59. The third-order valence-electron chi connectivity index (χ3n) is 10.5. The van der Waals surface area contributed by atoms with Gasteiger partial charge in [0, 0.05) is 64.8 Å². The molecular weight excluding hydrogens is 829 g/mol. The van der Waals surface area contributed by atoms with Crippen LogP contribution in [0.5, 0.6) is 0 Å². The lowest BCUT2D eigenvalue weighted by Crippen LogP contribution is -2.41. The van der Waals surface area contributed by atoms with Crippen molar-refractivity contribution in [3.05, 3.63) is 0 Å². The number of nitrogens with two attached hydrogens (primary N) is 1. The Kier molecular flexibility index (Phi) is 46.4. The number of carbonyl (C=O) groups is 7. The molecule has 0 aromatic rings. The van der Waals surface area contributed by atoms with E-state index in [0.717, 1.165) is 70.6 Å². The summed E-state index contributed by atoms with van der Waals surface area (Å²) in [5.41, 5.74) is 5.38. The van der Waals surface area contributed by atoms with Crippen LogP contribution < -0.4 is 21.7 Å². The standard InChI is InChI=1S/C29H53NO8.C18H35N3O5/c1-37-23-24-38-22-16-17-25(31)20-21-26(29(35)36)30-27(32)18-14-12-10-8-6-4-2-3-5-7-9-11-13-15-19-28(33)34;1-3-15(16(22)13-19)7-5-6-8-20-18(24)14-26-12-11-25-10-9-21-17(23)4-2/h26H,2-24H2,1H3,(H,30,32)(H,33,34)(H,35,36);15H,3-14,19H2,1-2H3,(H,20,24)(H,21,23)/t26-;15-/m00/s1. The molecule has 0 heterocycles. The lowest BCUT2D eigenvalue weighted by Gasteiger charge is -2.14. The molecule has 374 valence electrons. The number of amides is 3. The number of carboxylic acid groups (broad SMARTS) is 2. The van der Waals surface area contributed by atoms with E-state index in [9.17, 15) is 38.7 Å². The quantitative estimate of drug-likeness (QED) is 0.0380. The molecule has 0 aliphatic rings. The molecule has 7 N–H and O–H groups in total. The maximum absolute atomic E-state index is 12.2. The normalized spacial score (nSPS) is 11.8. The molecule has 0 bridgehead atoms. The highest BCUT2D eigenvalue weighted by Crippen LogP contribution is 2.15. The first-order valence-electron chi connectivity index (χ1n) is 24.2. The largest absolute Gasteiger partial charge is 0.481 e. The van der Waals surface area contributed by atoms with Gasteiger partial charge >= 0.3 is 11.9 Å². The number of carboxylic acids is 2. The average Bonchev–Trinajstić information content (AvgIpc) is 3.27. The number of Topliss-reactive ketones (excluding diaryl/α,β-unsaturated/α-hetero) is 2. The molecule has 17 nitrogen and oxygen atoms in total. The SMILES string of the molecule is CCC(=O)NCCOCCOCC(=O)NCCCC[C@H](CC)C(=O)CN.COCCOCCCC(=O)CC[C@H](NC(=O)CCCCCCCCCCCCCCCCC(=O)O)C(=O)O. The Balaban J connectivity index is 0. The molecule has 3 amide bonds. The van der Waals surface area contributed by atoms with Gasteiger partial charge in [0.25, 0.3) is 0 Å². The number of carbonyl (C=O) groups excluding carboxylic acids is 5. The molecular formula is C47H88N4O13. The van der Waals surface area contributed by atoms with Crippen LogP contribution in [0.4, 0.5) is 0 Å². The fourth-order valence-corrected chi connectivity index (χ4v) is 6.58. The summed E-state index contributed by atoms with van der Waals surface area (Å²) in [4.78, 5) is 80.2. The fraction of sp³-hybridized carbons (Fsp3) is 0.851. The van der Waals surface area contributed by atoms with Gasteiger partial charge in [0.05, 0.1) is 39.6 Å². The van der Waals surface area contributed by atoms with E-state index < -0.39 is 18.0 Å². The van der Waals surface area contributed by atoms with Crippen LogP contribution in [-0.4, -0.2) is 130 Å². The van der Waals surface area contributed by atoms with Crippen molar-refractivity contribution in [1.82, 2.24) is 16.0 Å². The minimum atomic E-state index is -1.11. The second-order valence-corrected chi connectivity index (χ2v) is 16.1. The highest BCUT2D eigenvalue weighted by Gasteiger charge is 2.21. The van der Waals surface area contributed by atoms with Crippen molar-refractivity contribution in [2.45, 2.75) is 180 Å². The van der Waals surface area contributed by atoms with E-state index >= 15 is 0 Å². The Hall–Kier alpha value is -3.51. The molecule has 0 radical (unpaired) electrons. The Bertz CT molecular complexity index is 1210. The summed E-state index contributed by atoms with van der Waals surface area (Å²) in [6, 6.07) is -1.03. The smallest absolute Gasteiger partial charge is 0.326 e. The molecule has 0 aromatic carbocycles. The summed E-state index contributed by atoms with van der Waals surface area (Å²) >= 11 is 0. The van der Waals surface area contributed by atoms with Gasteiger partial charge in [-0.25, -0.2) is 4.79 Å². The molecule has 0 fully saturated rings. The number of methoxy groups -OCH3 is 1. The monoisotopic (exact) mass is 917 g/mol. The van der Waals surface area contributed by atoms with Crippen molar-refractivity contribution in [3.63, 3.8) is 0 Å². The zero-order chi connectivity index (χ0) is 47.9. The van der Waals surface area contributed by atoms with Gasteiger partial charge in [0.1, 0.15) is 24.2 Å². The van der Waals surface area contributed by atoms with Gasteiger partial charge in [-0.15, -0.1) is 0 Å². The van der Waals surface area contributed by atoms with Gasteiger partial charge in [-0.1, -0.05) is 97.3 Å². The average molecular weight is 917 g/mol. The van der Waals surface area contributed by atoms with E-state index in [-0.39, 0.29) is 67.6 Å². The van der Waals surface area contributed by atoms with Crippen LogP contribution in [0.3, 0.4) is 0 Å². The van der Waals surface area contributed by atoms with E-state index in [1.807, 2.05) is 6.92 Å². The molecule has 64 heavy (non-hydrogen) atoms. The molecule has 0 aromatic heterocycles. The van der Waals surface area contributed by atoms with Crippen molar-refractivity contribution >= 4 is 41.2 Å². The van der Waals surface area contributed by atoms with E-state index in [4.69, 9.17) is 29.8 Å². The number of hydrogen-bond acceptors (Lipinski definition) is 12. The van der Waals surface area contributed by atoms with Crippen LogP contribution >= 0.6 is 0 Å². The summed E-state index contributed by atoms with van der Waals surface area (Å²) in [6.07, 6.45) is 21.1. The predicted octanol–water partition coefficient (Wildman–Crippen LogP) is 6.06. The van der Waals surface area contributed by atoms with Crippen LogP contribution in [-0.2, 0) is 52.5 Å². The van der Waals surface area contributed by atoms with E-state index in [2.05, 4.69) is 16.0 Å². The summed E-state index contributed by atoms with van der Waals surface area (Å²) in [5, 5.41) is 26.0. The topological polar surface area (TPSA) is 259 Å². The van der Waals surface area contributed by atoms with E-state index in [1.165, 1.54) is 44.9 Å². The second kappa shape index (κ2) is 47.5. The number of nitrogens with one attached hydrogen (secondary N) is 3. The summed E-state index contributed by atoms with van der Waals surface area (Å²) in [5.74, 6) is -2.11. The predicted molar refractivity (Wildman–Crippen MR) is 247 cm³/mol. The molecule has 17 heteroatoms. The maximum atomic E-state index is 12.2. The van der Waals surface area contributed by atoms with Crippen molar-refractivity contribution in [3.8, 4) is 0 Å². The fourth-order valence-electron chi connectivity index (χ4n) is 6.58. The molecule has 0 spiro atoms. The van der Waals surface area contributed by atoms with Crippen molar-refractivity contribution in [2.24, 2.45) is 11.7 Å². The number of ketones is 2. The first-order valence-corrected chi connectivity index (χ1v) is 24.2. The highest BCUT2D eigenvalue weighted by molar-refractivity contribution is 5.85. The van der Waals surface area contributed by atoms with Crippen molar-refractivity contribution in [2.75, 3.05) is 73.0 Å². The van der Waals surface area contributed by atoms with Gasteiger partial charge in [-0.2, -0.15) is 0 Å². The molecule has 0 rings (SSSR count). The van der Waals surface area contributed by atoms with Gasteiger partial charge in [0.15, 0.2) is 0 Å². The van der Waals surface area contributed by atoms with Crippen LogP contribution in [0.2, 0.25) is 0 Å². The zero-order valence-electron chi connectivity index (χ0n) is 39.9. The Morgan fingerprint density at radius 2 is 1.08 bits per heavy atom. The van der Waals surface area contributed by atoms with E-state index in [1.54, 1.807) is 14.0 Å². The van der Waals surface area contributed by atoms with Crippen LogP contribution in [0.25, 0.3) is 0 Å². The highest BCUT2D eigenvalue weighted by atomic mass is 16.5. The minimum absolute atomic E-state index is 0.000818. The Morgan fingerprint density at radius 1 is 0.531 bits per heavy atom. The zero-order valence-corrected chi connectivity index (χ0v) is 39.9. The first kappa shape index (κ1) is 62.6. The van der Waals surface area contributed by atoms with Gasteiger partial charge in [0.2, 0.25) is 17.7 Å². The number of hydrogen-bond donors (Lipinski definition) is 6. The van der Waals surface area contributed by atoms with E-state index in [0.29, 0.717) is 78.4 Å². The van der Waals surface area contributed by atoms with Crippen LogP contribution in [0.1, 0.15) is 174 Å². The molecule has 0 unspecified atom stereocenters. The minimum Gasteiger partial charge on any atom is -0.481 e. The second-order valence-electron chi connectivity index (χ2n) is 16.1. The van der Waals surface area contributed by atoms with Gasteiger partial charge in [-0.3, -0.25) is 28.8 Å². The lowest BCUT2D eigenvalue weighted by molar-refractivity contribution is -0.142. The molecule has 0 saturated carbocycles. The molecule has 0 saturated heterocycles. The third kappa shape index (κ3) is 45.1. The van der Waals surface area contributed by atoms with Gasteiger partial charge < -0.3 is 50.8 Å². The van der Waals surface area contributed by atoms with Crippen molar-refractivity contribution in [1.29, 1.82) is 0 Å². The lowest BCUT2D eigenvalue weighted by atomic mass is 9.95. The molecule has 2 atom stereocenters. The summed E-state index contributed by atoms with van der Waals surface area (Å²) < 4.78 is 20.7. The van der Waals surface area contributed by atoms with Crippen LogP contribution in [0.15, 0.2) is 0 Å². The number of rotatable bonds is 46. The number of unbranched alkanes of at least 4 members (excludes halogenated alkanes) is 14. The number of aliphatic carboxylic acids is 2. The summed E-state index contributed by atoms with van der Waals surface area (Å²) in [6.45, 7) is 7.52.